The van der Waals surface area contributed by atoms with Crippen LogP contribution in [0.3, 0.4) is 0 Å². The summed E-state index contributed by atoms with van der Waals surface area (Å²) in [5, 5.41) is 4.20. The molecule has 0 radical (unpaired) electrons. The number of hydrogen-bond acceptors (Lipinski definition) is 3. The summed E-state index contributed by atoms with van der Waals surface area (Å²) in [7, 11) is 0. The molecule has 0 aliphatic rings. The molecule has 0 unspecified atom stereocenters. The highest BCUT2D eigenvalue weighted by atomic mass is 35.5. The molecule has 6 heteroatoms. The first-order valence-electron chi connectivity index (χ1n) is 5.42. The van der Waals surface area contributed by atoms with Crippen LogP contribution in [-0.2, 0) is 12.4 Å². The minimum atomic E-state index is -0.200. The van der Waals surface area contributed by atoms with Crippen LogP contribution in [0.4, 0.5) is 0 Å². The van der Waals surface area contributed by atoms with Gasteiger partial charge in [0.2, 0.25) is 0 Å². The third kappa shape index (κ3) is 2.74. The number of rotatable bonds is 4. The topological polar surface area (TPSA) is 63.6 Å². The number of aromatic amines is 1. The summed E-state index contributed by atoms with van der Waals surface area (Å²) in [4.78, 5) is 18.2. The van der Waals surface area contributed by atoms with Crippen molar-refractivity contribution in [1.82, 2.24) is 19.7 Å². The highest BCUT2D eigenvalue weighted by Gasteiger charge is 2.06. The summed E-state index contributed by atoms with van der Waals surface area (Å²) < 4.78 is 1.83. The van der Waals surface area contributed by atoms with Gasteiger partial charge in [-0.2, -0.15) is 5.10 Å². The first-order valence-corrected chi connectivity index (χ1v) is 5.95. The summed E-state index contributed by atoms with van der Waals surface area (Å²) in [6, 6.07) is 1.45. The van der Waals surface area contributed by atoms with Gasteiger partial charge in [-0.25, -0.2) is 4.98 Å². The molecule has 0 atom stereocenters. The van der Waals surface area contributed by atoms with Gasteiger partial charge in [-0.05, 0) is 6.42 Å². The van der Waals surface area contributed by atoms with E-state index in [2.05, 4.69) is 22.0 Å². The minimum Gasteiger partial charge on any atom is -0.310 e. The summed E-state index contributed by atoms with van der Waals surface area (Å²) in [6.07, 6.45) is 4.59. The van der Waals surface area contributed by atoms with Crippen LogP contribution >= 0.6 is 11.6 Å². The summed E-state index contributed by atoms with van der Waals surface area (Å²) in [5.74, 6) is 0.657. The molecule has 0 aromatic carbocycles. The fourth-order valence-electron chi connectivity index (χ4n) is 1.57. The Morgan fingerprint density at radius 1 is 1.53 bits per heavy atom. The zero-order chi connectivity index (χ0) is 12.3. The highest BCUT2D eigenvalue weighted by molar-refractivity contribution is 6.16. The highest BCUT2D eigenvalue weighted by Crippen LogP contribution is 2.14. The number of halogens is 1. The van der Waals surface area contributed by atoms with Crippen LogP contribution in [-0.4, -0.2) is 19.7 Å². The summed E-state index contributed by atoms with van der Waals surface area (Å²) in [6.45, 7) is 2.93. The lowest BCUT2D eigenvalue weighted by Gasteiger charge is -1.99. The fraction of sp³-hybridized carbons (Fsp3) is 0.364. The Bertz CT molecular complexity index is 561. The molecule has 0 amide bonds. The van der Waals surface area contributed by atoms with Gasteiger partial charge in [-0.1, -0.05) is 6.92 Å². The van der Waals surface area contributed by atoms with Crippen LogP contribution in [0.2, 0.25) is 0 Å². The van der Waals surface area contributed by atoms with Crippen LogP contribution < -0.4 is 5.56 Å². The molecule has 0 aliphatic carbocycles. The van der Waals surface area contributed by atoms with Crippen LogP contribution in [0.25, 0.3) is 11.3 Å². The van der Waals surface area contributed by atoms with Crippen LogP contribution in [0, 0.1) is 0 Å². The molecule has 17 heavy (non-hydrogen) atoms. The first kappa shape index (κ1) is 11.9. The van der Waals surface area contributed by atoms with Crippen LogP contribution in [0.15, 0.2) is 23.3 Å². The maximum Gasteiger partial charge on any atom is 0.251 e. The molecule has 90 valence electrons. The number of hydrogen-bond donors (Lipinski definition) is 1. The number of H-pyrrole nitrogens is 1. The maximum absolute atomic E-state index is 11.4. The van der Waals surface area contributed by atoms with Gasteiger partial charge in [0, 0.05) is 24.4 Å². The molecule has 0 saturated heterocycles. The molecular weight excluding hydrogens is 240 g/mol. The van der Waals surface area contributed by atoms with Crippen molar-refractivity contribution in [2.24, 2.45) is 0 Å². The third-order valence-corrected chi connectivity index (χ3v) is 2.55. The van der Waals surface area contributed by atoms with Crippen molar-refractivity contribution in [1.29, 1.82) is 0 Å². The van der Waals surface area contributed by atoms with Gasteiger partial charge in [-0.15, -0.1) is 11.6 Å². The van der Waals surface area contributed by atoms with Gasteiger partial charge in [0.25, 0.3) is 5.56 Å². The van der Waals surface area contributed by atoms with E-state index in [0.29, 0.717) is 11.5 Å². The second-order valence-corrected chi connectivity index (χ2v) is 3.97. The Kier molecular flexibility index (Phi) is 3.58. The molecule has 5 nitrogen and oxygen atoms in total. The Hall–Kier alpha value is -1.62. The van der Waals surface area contributed by atoms with E-state index in [-0.39, 0.29) is 11.4 Å². The largest absolute Gasteiger partial charge is 0.310 e. The lowest BCUT2D eigenvalue weighted by atomic mass is 10.2. The Labute approximate surface area is 103 Å². The monoisotopic (exact) mass is 252 g/mol. The zero-order valence-electron chi connectivity index (χ0n) is 9.48. The Balaban J connectivity index is 2.37. The molecule has 0 saturated carbocycles. The lowest BCUT2D eigenvalue weighted by Crippen LogP contribution is -2.09. The molecule has 2 heterocycles. The first-order chi connectivity index (χ1) is 8.22. The van der Waals surface area contributed by atoms with E-state index in [1.54, 1.807) is 6.20 Å². The van der Waals surface area contributed by atoms with Crippen LogP contribution in [0.5, 0.6) is 0 Å². The van der Waals surface area contributed by atoms with Crippen molar-refractivity contribution >= 4 is 11.6 Å². The predicted octanol–water partition coefficient (Wildman–Crippen LogP) is 1.78. The van der Waals surface area contributed by atoms with Crippen molar-refractivity contribution in [3.05, 3.63) is 34.6 Å². The molecular formula is C11H13ClN4O. The standard InChI is InChI=1S/C11H13ClN4O/c1-2-3-16-7-8(6-13-16)9-4-11(17)15-10(5-12)14-9/h4,6-7H,2-3,5H2,1H3,(H,14,15,17). The number of alkyl halides is 1. The zero-order valence-corrected chi connectivity index (χ0v) is 10.2. The summed E-state index contributed by atoms with van der Waals surface area (Å²) in [5.41, 5.74) is 1.23. The van der Waals surface area contributed by atoms with Crippen LogP contribution in [0.1, 0.15) is 19.2 Å². The minimum absolute atomic E-state index is 0.187. The van der Waals surface area contributed by atoms with E-state index in [1.807, 2.05) is 10.9 Å². The molecule has 0 aliphatic heterocycles. The quantitative estimate of drug-likeness (QED) is 0.844. The van der Waals surface area contributed by atoms with E-state index >= 15 is 0 Å². The average molecular weight is 253 g/mol. The second kappa shape index (κ2) is 5.14. The van der Waals surface area contributed by atoms with Gasteiger partial charge in [0.05, 0.1) is 17.8 Å². The normalized spacial score (nSPS) is 10.7. The maximum atomic E-state index is 11.4. The molecule has 2 aromatic heterocycles. The predicted molar refractivity (Wildman–Crippen MR) is 65.9 cm³/mol. The van der Waals surface area contributed by atoms with Crippen molar-refractivity contribution in [3.8, 4) is 11.3 Å². The van der Waals surface area contributed by atoms with E-state index < -0.39 is 0 Å². The molecule has 2 rings (SSSR count). The number of nitrogens with zero attached hydrogens (tertiary/aromatic N) is 3. The SMILES string of the molecule is CCCn1cc(-c2cc(=O)[nH]c(CCl)n2)cn1. The van der Waals surface area contributed by atoms with Gasteiger partial charge in [0.15, 0.2) is 0 Å². The Morgan fingerprint density at radius 3 is 3.06 bits per heavy atom. The van der Waals surface area contributed by atoms with Crippen molar-refractivity contribution < 1.29 is 0 Å². The van der Waals surface area contributed by atoms with E-state index in [9.17, 15) is 4.79 Å². The van der Waals surface area contributed by atoms with Gasteiger partial charge >= 0.3 is 0 Å². The fourth-order valence-corrected chi connectivity index (χ4v) is 1.69. The van der Waals surface area contributed by atoms with Gasteiger partial charge in [-0.3, -0.25) is 9.48 Å². The Morgan fingerprint density at radius 2 is 2.35 bits per heavy atom. The number of nitrogens with one attached hydrogen (secondary N) is 1. The van der Waals surface area contributed by atoms with Gasteiger partial charge < -0.3 is 4.98 Å². The average Bonchev–Trinajstić information content (AvgIpc) is 2.77. The van der Waals surface area contributed by atoms with Crippen molar-refractivity contribution in [2.75, 3.05) is 0 Å². The third-order valence-electron chi connectivity index (χ3n) is 2.30. The molecule has 0 spiro atoms. The number of aromatic nitrogens is 4. The second-order valence-electron chi connectivity index (χ2n) is 3.70. The van der Waals surface area contributed by atoms with E-state index in [0.717, 1.165) is 18.5 Å². The smallest absolute Gasteiger partial charge is 0.251 e. The molecule has 1 N–H and O–H groups in total. The van der Waals surface area contributed by atoms with E-state index in [1.165, 1.54) is 6.07 Å². The van der Waals surface area contributed by atoms with E-state index in [4.69, 9.17) is 11.6 Å². The molecule has 2 aromatic rings. The molecule has 0 fully saturated rings. The lowest BCUT2D eigenvalue weighted by molar-refractivity contribution is 0.603. The van der Waals surface area contributed by atoms with Crippen molar-refractivity contribution in [3.63, 3.8) is 0 Å². The summed E-state index contributed by atoms with van der Waals surface area (Å²) >= 11 is 5.66. The van der Waals surface area contributed by atoms with Gasteiger partial charge in [0.1, 0.15) is 5.82 Å². The molecule has 0 bridgehead atoms. The number of aryl methyl sites for hydroxylation is 1. The van der Waals surface area contributed by atoms with Crippen molar-refractivity contribution in [2.45, 2.75) is 25.8 Å².